The van der Waals surface area contributed by atoms with E-state index in [4.69, 9.17) is 9.47 Å². The second-order valence-electron chi connectivity index (χ2n) is 12.3. The highest BCUT2D eigenvalue weighted by atomic mass is 16.6. The van der Waals surface area contributed by atoms with E-state index in [1.807, 2.05) is 18.2 Å². The summed E-state index contributed by atoms with van der Waals surface area (Å²) in [6, 6.07) is 10.1. The molecule has 0 radical (unpaired) electrons. The first-order valence-corrected chi connectivity index (χ1v) is 16.3. The average molecular weight is 636 g/mol. The van der Waals surface area contributed by atoms with Crippen molar-refractivity contribution in [3.8, 4) is 11.6 Å². The molecule has 3 heterocycles. The molecule has 1 aromatic carbocycles. The van der Waals surface area contributed by atoms with Gasteiger partial charge in [-0.05, 0) is 63.5 Å². The lowest BCUT2D eigenvalue weighted by atomic mass is 9.93. The second kappa shape index (κ2) is 14.2. The van der Waals surface area contributed by atoms with Crippen LogP contribution in [-0.4, -0.2) is 118 Å². The molecule has 2 aliphatic heterocycles. The van der Waals surface area contributed by atoms with E-state index >= 15 is 0 Å². The van der Waals surface area contributed by atoms with E-state index in [0.717, 1.165) is 44.9 Å². The Kier molecular flexibility index (Phi) is 9.69. The van der Waals surface area contributed by atoms with E-state index in [0.29, 0.717) is 44.8 Å². The molecule has 1 atom stereocenters. The van der Waals surface area contributed by atoms with Crippen LogP contribution < -0.4 is 15.4 Å². The number of hydrogen-bond donors (Lipinski definition) is 2. The summed E-state index contributed by atoms with van der Waals surface area (Å²) in [6.07, 6.45) is 6.94. The molecule has 14 nitrogen and oxygen atoms in total. The molecular weight excluding hydrogens is 594 g/mol. The Hall–Kier alpha value is -4.62. The van der Waals surface area contributed by atoms with Crippen LogP contribution in [0, 0.1) is 0 Å². The highest BCUT2D eigenvalue weighted by molar-refractivity contribution is 5.95. The fraction of sp³-hybridized carbons (Fsp3) is 0.562. The Labute approximate surface area is 267 Å². The lowest BCUT2D eigenvalue weighted by Gasteiger charge is -2.36. The van der Waals surface area contributed by atoms with E-state index in [9.17, 15) is 24.0 Å². The normalized spacial score (nSPS) is 20.0. The van der Waals surface area contributed by atoms with Crippen LogP contribution in [0.1, 0.15) is 61.9 Å². The average Bonchev–Trinajstić information content (AvgIpc) is 3.71. The first-order valence-electron chi connectivity index (χ1n) is 16.3. The number of carbonyl (C=O) groups excluding carboxylic acids is 5. The maximum absolute atomic E-state index is 13.2. The van der Waals surface area contributed by atoms with Gasteiger partial charge in [0.15, 0.2) is 12.3 Å². The summed E-state index contributed by atoms with van der Waals surface area (Å²) in [7, 11) is 0. The summed E-state index contributed by atoms with van der Waals surface area (Å²) >= 11 is 0. The van der Waals surface area contributed by atoms with Crippen molar-refractivity contribution in [2.24, 2.45) is 0 Å². The molecule has 5 amide bonds. The van der Waals surface area contributed by atoms with Gasteiger partial charge in [-0.1, -0.05) is 18.2 Å². The SMILES string of the molecule is O=C(NCC(=O)N1CCN(C(=O)OC2CCC2)CC1)c1cc(OCC(=O)N2CCCC2C(=O)NC2CCC2)n(-c2ccccc2)n1. The zero-order valence-corrected chi connectivity index (χ0v) is 25.9. The first kappa shape index (κ1) is 31.4. The Morgan fingerprint density at radius 3 is 2.22 bits per heavy atom. The summed E-state index contributed by atoms with van der Waals surface area (Å²) in [4.78, 5) is 69.0. The van der Waals surface area contributed by atoms with Crippen LogP contribution in [0.3, 0.4) is 0 Å². The number of nitrogens with zero attached hydrogens (tertiary/aromatic N) is 5. The van der Waals surface area contributed by atoms with Crippen molar-refractivity contribution in [2.75, 3.05) is 45.9 Å². The van der Waals surface area contributed by atoms with Gasteiger partial charge >= 0.3 is 6.09 Å². The van der Waals surface area contributed by atoms with Crippen molar-refractivity contribution in [1.29, 1.82) is 0 Å². The number of hydrogen-bond acceptors (Lipinski definition) is 8. The number of rotatable bonds is 10. The highest BCUT2D eigenvalue weighted by Crippen LogP contribution is 2.24. The topological polar surface area (TPSA) is 155 Å². The molecule has 4 fully saturated rings. The summed E-state index contributed by atoms with van der Waals surface area (Å²) in [6.45, 7) is 1.35. The third-order valence-corrected chi connectivity index (χ3v) is 9.19. The number of carbonyl (C=O) groups is 5. The van der Waals surface area contributed by atoms with Crippen molar-refractivity contribution in [3.63, 3.8) is 0 Å². The molecular formula is C32H41N7O7. The van der Waals surface area contributed by atoms with Gasteiger partial charge in [-0.2, -0.15) is 5.10 Å². The van der Waals surface area contributed by atoms with Gasteiger partial charge in [-0.15, -0.1) is 0 Å². The summed E-state index contributed by atoms with van der Waals surface area (Å²) in [5.74, 6) is -1.11. The summed E-state index contributed by atoms with van der Waals surface area (Å²) in [5, 5.41) is 10.1. The van der Waals surface area contributed by atoms with E-state index in [-0.39, 0.29) is 60.7 Å². The third-order valence-electron chi connectivity index (χ3n) is 9.19. The van der Waals surface area contributed by atoms with Crippen LogP contribution in [0.2, 0.25) is 0 Å². The lowest BCUT2D eigenvalue weighted by Crippen LogP contribution is -2.53. The standard InChI is InChI=1S/C32H41N7O7/c40-27(36-15-17-37(18-16-36)32(44)46-24-11-5-12-24)20-33-30(42)25-19-29(39(35-25)23-9-2-1-3-10-23)45-21-28(41)38-14-6-13-26(38)31(43)34-22-7-4-8-22/h1-3,9-10,19,22,24,26H,4-8,11-18,20-21H2,(H,33,42)(H,34,43). The van der Waals surface area contributed by atoms with E-state index in [1.54, 1.807) is 26.8 Å². The number of likely N-dealkylation sites (tertiary alicyclic amines) is 1. The maximum atomic E-state index is 13.2. The van der Waals surface area contributed by atoms with Crippen LogP contribution in [-0.2, 0) is 19.1 Å². The van der Waals surface area contributed by atoms with Crippen LogP contribution in [0.25, 0.3) is 5.69 Å². The van der Waals surface area contributed by atoms with Crippen LogP contribution in [0.5, 0.6) is 5.88 Å². The maximum Gasteiger partial charge on any atom is 0.410 e. The monoisotopic (exact) mass is 635 g/mol. The molecule has 2 aromatic rings. The van der Waals surface area contributed by atoms with Crippen LogP contribution in [0.4, 0.5) is 4.79 Å². The van der Waals surface area contributed by atoms with E-state index in [2.05, 4.69) is 15.7 Å². The predicted molar refractivity (Wildman–Crippen MR) is 164 cm³/mol. The van der Waals surface area contributed by atoms with E-state index < -0.39 is 11.9 Å². The predicted octanol–water partition coefficient (Wildman–Crippen LogP) is 1.47. The molecule has 1 aromatic heterocycles. The van der Waals surface area contributed by atoms with Gasteiger partial charge in [0.2, 0.25) is 17.7 Å². The molecule has 246 valence electrons. The Balaban J connectivity index is 1.03. The molecule has 2 saturated heterocycles. The lowest BCUT2D eigenvalue weighted by molar-refractivity contribution is -0.140. The van der Waals surface area contributed by atoms with Gasteiger partial charge in [0.1, 0.15) is 12.1 Å². The van der Waals surface area contributed by atoms with Crippen molar-refractivity contribution in [2.45, 2.75) is 69.6 Å². The van der Waals surface area contributed by atoms with Crippen molar-refractivity contribution in [1.82, 2.24) is 35.1 Å². The minimum atomic E-state index is -0.575. The fourth-order valence-electron chi connectivity index (χ4n) is 5.94. The number of nitrogens with one attached hydrogen (secondary N) is 2. The van der Waals surface area contributed by atoms with Crippen LogP contribution >= 0.6 is 0 Å². The minimum absolute atomic E-state index is 0.00564. The zero-order valence-electron chi connectivity index (χ0n) is 25.9. The van der Waals surface area contributed by atoms with Crippen molar-refractivity contribution >= 4 is 29.7 Å². The molecule has 2 saturated carbocycles. The largest absolute Gasteiger partial charge is 0.467 e. The third kappa shape index (κ3) is 7.26. The van der Waals surface area contributed by atoms with Gasteiger partial charge in [-0.25, -0.2) is 9.48 Å². The second-order valence-corrected chi connectivity index (χ2v) is 12.3. The number of amides is 5. The van der Waals surface area contributed by atoms with Gasteiger partial charge in [-0.3, -0.25) is 19.2 Å². The molecule has 2 N–H and O–H groups in total. The Bertz CT molecular complexity index is 1430. The molecule has 6 rings (SSSR count). The molecule has 14 heteroatoms. The number of para-hydroxylation sites is 1. The smallest absolute Gasteiger partial charge is 0.410 e. The highest BCUT2D eigenvalue weighted by Gasteiger charge is 2.36. The van der Waals surface area contributed by atoms with Crippen molar-refractivity contribution in [3.05, 3.63) is 42.1 Å². The van der Waals surface area contributed by atoms with Crippen molar-refractivity contribution < 1.29 is 33.4 Å². The number of piperazine rings is 1. The molecule has 46 heavy (non-hydrogen) atoms. The van der Waals surface area contributed by atoms with Gasteiger partial charge in [0, 0.05) is 44.8 Å². The van der Waals surface area contributed by atoms with Gasteiger partial charge in [0.25, 0.3) is 11.8 Å². The summed E-state index contributed by atoms with van der Waals surface area (Å²) < 4.78 is 12.8. The van der Waals surface area contributed by atoms with Gasteiger partial charge < -0.3 is 34.8 Å². The Morgan fingerprint density at radius 1 is 0.826 bits per heavy atom. The van der Waals surface area contributed by atoms with Crippen LogP contribution in [0.15, 0.2) is 36.4 Å². The molecule has 0 bridgehead atoms. The molecule has 2 aliphatic carbocycles. The fourth-order valence-corrected chi connectivity index (χ4v) is 5.94. The summed E-state index contributed by atoms with van der Waals surface area (Å²) in [5.41, 5.74) is 0.634. The quantitative estimate of drug-likeness (QED) is 0.398. The number of ether oxygens (including phenoxy) is 2. The van der Waals surface area contributed by atoms with E-state index in [1.165, 1.54) is 10.7 Å². The Morgan fingerprint density at radius 2 is 1.54 bits per heavy atom. The number of benzene rings is 1. The zero-order chi connectivity index (χ0) is 32.0. The molecule has 1 unspecified atom stereocenters. The molecule has 0 spiro atoms. The van der Waals surface area contributed by atoms with Gasteiger partial charge in [0.05, 0.1) is 12.2 Å². The first-order chi connectivity index (χ1) is 22.4. The number of aromatic nitrogens is 2. The minimum Gasteiger partial charge on any atom is -0.467 e. The molecule has 4 aliphatic rings.